The number of aliphatic carboxylic acids is 1. The quantitative estimate of drug-likeness (QED) is 0.889. The summed E-state index contributed by atoms with van der Waals surface area (Å²) in [6, 6.07) is 6.33. The number of nitrogens with one attached hydrogen (secondary N) is 1. The SMILES string of the molecule is Cc1ccc(S(=O)(=O)N[C@H]2CCC[C@@H](C(=O)O)C2)cc1. The van der Waals surface area contributed by atoms with Crippen LogP contribution in [0.2, 0.25) is 0 Å². The fraction of sp³-hybridized carbons (Fsp3) is 0.500. The third-order valence-corrected chi connectivity index (χ3v) is 5.21. The van der Waals surface area contributed by atoms with E-state index in [0.717, 1.165) is 12.0 Å². The van der Waals surface area contributed by atoms with Crippen LogP contribution in [-0.2, 0) is 14.8 Å². The van der Waals surface area contributed by atoms with Gasteiger partial charge < -0.3 is 5.11 Å². The van der Waals surface area contributed by atoms with Crippen LogP contribution in [0.3, 0.4) is 0 Å². The highest BCUT2D eigenvalue weighted by Crippen LogP contribution is 2.25. The van der Waals surface area contributed by atoms with Gasteiger partial charge in [0.05, 0.1) is 10.8 Å². The summed E-state index contributed by atoms with van der Waals surface area (Å²) in [5, 5.41) is 9.02. The van der Waals surface area contributed by atoms with E-state index in [0.29, 0.717) is 19.3 Å². The third-order valence-electron chi connectivity index (χ3n) is 3.68. The molecule has 0 aromatic heterocycles. The minimum Gasteiger partial charge on any atom is -0.481 e. The zero-order valence-corrected chi connectivity index (χ0v) is 12.2. The van der Waals surface area contributed by atoms with Gasteiger partial charge in [-0.05, 0) is 38.3 Å². The summed E-state index contributed by atoms with van der Waals surface area (Å²) in [6.45, 7) is 1.89. The molecule has 1 aromatic carbocycles. The lowest BCUT2D eigenvalue weighted by atomic mass is 9.86. The second-order valence-corrected chi connectivity index (χ2v) is 7.05. The van der Waals surface area contributed by atoms with E-state index < -0.39 is 21.9 Å². The molecular weight excluding hydrogens is 278 g/mol. The molecule has 110 valence electrons. The summed E-state index contributed by atoms with van der Waals surface area (Å²) in [7, 11) is -3.57. The Hall–Kier alpha value is -1.40. The van der Waals surface area contributed by atoms with Gasteiger partial charge in [-0.25, -0.2) is 13.1 Å². The van der Waals surface area contributed by atoms with E-state index in [-0.39, 0.29) is 10.9 Å². The highest BCUT2D eigenvalue weighted by atomic mass is 32.2. The first-order valence-electron chi connectivity index (χ1n) is 6.70. The van der Waals surface area contributed by atoms with E-state index in [1.165, 1.54) is 0 Å². The van der Waals surface area contributed by atoms with Crippen molar-refractivity contribution >= 4 is 16.0 Å². The number of aryl methyl sites for hydroxylation is 1. The Labute approximate surface area is 119 Å². The zero-order chi connectivity index (χ0) is 14.8. The molecule has 0 bridgehead atoms. The molecule has 1 aromatic rings. The van der Waals surface area contributed by atoms with Crippen molar-refractivity contribution in [2.75, 3.05) is 0 Å². The average molecular weight is 297 g/mol. The number of hydrogen-bond acceptors (Lipinski definition) is 3. The Kier molecular flexibility index (Phi) is 4.45. The molecule has 2 N–H and O–H groups in total. The normalized spacial score (nSPS) is 23.4. The molecule has 0 unspecified atom stereocenters. The van der Waals surface area contributed by atoms with Gasteiger partial charge in [-0.2, -0.15) is 0 Å². The lowest BCUT2D eigenvalue weighted by molar-refractivity contribution is -0.143. The first kappa shape index (κ1) is 15.0. The summed E-state index contributed by atoms with van der Waals surface area (Å²) in [4.78, 5) is 11.2. The summed E-state index contributed by atoms with van der Waals surface area (Å²) < 4.78 is 27.1. The Balaban J connectivity index is 2.08. The molecular formula is C14H19NO4S. The smallest absolute Gasteiger partial charge is 0.306 e. The van der Waals surface area contributed by atoms with Crippen molar-refractivity contribution < 1.29 is 18.3 Å². The van der Waals surface area contributed by atoms with Gasteiger partial charge >= 0.3 is 5.97 Å². The standard InChI is InChI=1S/C14H19NO4S/c1-10-5-7-13(8-6-10)20(18,19)15-12-4-2-3-11(9-12)14(16)17/h5-8,11-12,15H,2-4,9H2,1H3,(H,16,17)/t11-,12+/m1/s1. The van der Waals surface area contributed by atoms with E-state index in [4.69, 9.17) is 5.11 Å². The fourth-order valence-electron chi connectivity index (χ4n) is 2.53. The van der Waals surface area contributed by atoms with Crippen molar-refractivity contribution in [1.82, 2.24) is 4.72 Å². The van der Waals surface area contributed by atoms with Crippen molar-refractivity contribution in [1.29, 1.82) is 0 Å². The molecule has 6 heteroatoms. The van der Waals surface area contributed by atoms with Crippen LogP contribution in [0.15, 0.2) is 29.2 Å². The molecule has 0 spiro atoms. The van der Waals surface area contributed by atoms with E-state index >= 15 is 0 Å². The molecule has 0 heterocycles. The summed E-state index contributed by atoms with van der Waals surface area (Å²) in [5.41, 5.74) is 0.993. The topological polar surface area (TPSA) is 83.5 Å². The first-order chi connectivity index (χ1) is 9.38. The molecule has 5 nitrogen and oxygen atoms in total. The molecule has 0 saturated heterocycles. The number of sulfonamides is 1. The predicted molar refractivity (Wildman–Crippen MR) is 74.9 cm³/mol. The third kappa shape index (κ3) is 3.58. The van der Waals surface area contributed by atoms with E-state index in [1.807, 2.05) is 6.92 Å². The second-order valence-electron chi connectivity index (χ2n) is 5.33. The van der Waals surface area contributed by atoms with Crippen LogP contribution in [0.1, 0.15) is 31.2 Å². The maximum absolute atomic E-state index is 12.2. The van der Waals surface area contributed by atoms with Crippen molar-refractivity contribution in [2.24, 2.45) is 5.92 Å². The largest absolute Gasteiger partial charge is 0.481 e. The summed E-state index contributed by atoms with van der Waals surface area (Å²) in [6.07, 6.45) is 2.41. The Bertz CT molecular complexity index is 580. The van der Waals surface area contributed by atoms with Gasteiger partial charge in [0.1, 0.15) is 0 Å². The van der Waals surface area contributed by atoms with Gasteiger partial charge in [-0.15, -0.1) is 0 Å². The van der Waals surface area contributed by atoms with Crippen molar-refractivity contribution in [2.45, 2.75) is 43.5 Å². The zero-order valence-electron chi connectivity index (χ0n) is 11.4. The van der Waals surface area contributed by atoms with Crippen LogP contribution >= 0.6 is 0 Å². The number of rotatable bonds is 4. The number of hydrogen-bond donors (Lipinski definition) is 2. The van der Waals surface area contributed by atoms with Crippen LogP contribution in [-0.4, -0.2) is 25.5 Å². The van der Waals surface area contributed by atoms with Gasteiger partial charge in [0.2, 0.25) is 10.0 Å². The number of carboxylic acids is 1. The monoisotopic (exact) mass is 297 g/mol. The Morgan fingerprint density at radius 1 is 1.25 bits per heavy atom. The number of carboxylic acid groups (broad SMARTS) is 1. The maximum atomic E-state index is 12.2. The number of benzene rings is 1. The summed E-state index contributed by atoms with van der Waals surface area (Å²) in [5.74, 6) is -1.29. The van der Waals surface area contributed by atoms with Crippen LogP contribution < -0.4 is 4.72 Å². The number of carbonyl (C=O) groups is 1. The fourth-order valence-corrected chi connectivity index (χ4v) is 3.81. The first-order valence-corrected chi connectivity index (χ1v) is 8.18. The molecule has 1 fully saturated rings. The molecule has 20 heavy (non-hydrogen) atoms. The van der Waals surface area contributed by atoms with Crippen molar-refractivity contribution in [3.63, 3.8) is 0 Å². The maximum Gasteiger partial charge on any atom is 0.306 e. The highest BCUT2D eigenvalue weighted by Gasteiger charge is 2.29. The molecule has 1 aliphatic carbocycles. The van der Waals surface area contributed by atoms with Gasteiger partial charge in [0.15, 0.2) is 0 Å². The van der Waals surface area contributed by atoms with Gasteiger partial charge in [-0.1, -0.05) is 24.1 Å². The molecule has 1 aliphatic rings. The minimum atomic E-state index is -3.57. The van der Waals surface area contributed by atoms with Crippen LogP contribution in [0.25, 0.3) is 0 Å². The van der Waals surface area contributed by atoms with E-state index in [2.05, 4.69) is 4.72 Å². The van der Waals surface area contributed by atoms with Gasteiger partial charge in [-0.3, -0.25) is 4.79 Å². The molecule has 2 atom stereocenters. The highest BCUT2D eigenvalue weighted by molar-refractivity contribution is 7.89. The molecule has 1 saturated carbocycles. The van der Waals surface area contributed by atoms with Crippen molar-refractivity contribution in [3.05, 3.63) is 29.8 Å². The molecule has 2 rings (SSSR count). The summed E-state index contributed by atoms with van der Waals surface area (Å²) >= 11 is 0. The molecule has 0 amide bonds. The lowest BCUT2D eigenvalue weighted by Gasteiger charge is -2.27. The second kappa shape index (κ2) is 5.93. The molecule has 0 aliphatic heterocycles. The Morgan fingerprint density at radius 3 is 2.50 bits per heavy atom. The van der Waals surface area contributed by atoms with Crippen molar-refractivity contribution in [3.8, 4) is 0 Å². The van der Waals surface area contributed by atoms with Crippen LogP contribution in [0.4, 0.5) is 0 Å². The van der Waals surface area contributed by atoms with E-state index in [9.17, 15) is 13.2 Å². The predicted octanol–water partition coefficient (Wildman–Crippen LogP) is 1.92. The Morgan fingerprint density at radius 2 is 1.90 bits per heavy atom. The van der Waals surface area contributed by atoms with Gasteiger partial charge in [0.25, 0.3) is 0 Å². The lowest BCUT2D eigenvalue weighted by Crippen LogP contribution is -2.39. The van der Waals surface area contributed by atoms with Crippen LogP contribution in [0.5, 0.6) is 0 Å². The van der Waals surface area contributed by atoms with Crippen LogP contribution in [0, 0.1) is 12.8 Å². The average Bonchev–Trinajstić information content (AvgIpc) is 2.39. The molecule has 0 radical (unpaired) electrons. The van der Waals surface area contributed by atoms with Gasteiger partial charge in [0, 0.05) is 6.04 Å². The minimum absolute atomic E-state index is 0.223. The van der Waals surface area contributed by atoms with E-state index in [1.54, 1.807) is 24.3 Å².